The molecular formula is C25H33N3O. The Balaban J connectivity index is 1.55. The van der Waals surface area contributed by atoms with Gasteiger partial charge in [0.25, 0.3) is 0 Å². The molecular weight excluding hydrogens is 358 g/mol. The summed E-state index contributed by atoms with van der Waals surface area (Å²) >= 11 is 0. The minimum absolute atomic E-state index is 0.503. The van der Waals surface area contributed by atoms with Crippen LogP contribution in [0.2, 0.25) is 0 Å². The number of nitrogens with zero attached hydrogens (tertiary/aromatic N) is 3. The molecule has 1 unspecified atom stereocenters. The summed E-state index contributed by atoms with van der Waals surface area (Å²) in [6.45, 7) is 7.09. The van der Waals surface area contributed by atoms with Gasteiger partial charge in [-0.2, -0.15) is 0 Å². The number of hydrogen-bond donors (Lipinski definition) is 0. The highest BCUT2D eigenvalue weighted by Gasteiger charge is 2.30. The van der Waals surface area contributed by atoms with Crippen LogP contribution in [-0.4, -0.2) is 40.8 Å². The van der Waals surface area contributed by atoms with Gasteiger partial charge in [0, 0.05) is 38.2 Å². The first-order chi connectivity index (χ1) is 14.3. The molecule has 4 nitrogen and oxygen atoms in total. The topological polar surface area (TPSA) is 30.3 Å². The number of benzene rings is 1. The molecule has 3 aliphatic rings. The molecule has 0 amide bonds. The van der Waals surface area contributed by atoms with E-state index in [2.05, 4.69) is 52.9 Å². The molecule has 154 valence electrons. The largest absolute Gasteiger partial charge is 0.379 e. The maximum atomic E-state index is 5.59. The Bertz CT molecular complexity index is 858. The smallest absolute Gasteiger partial charge is 0.113 e. The number of fused-ring (bicyclic) bond motifs is 1. The summed E-state index contributed by atoms with van der Waals surface area (Å²) in [5.74, 6) is 2.41. The molecule has 0 N–H and O–H groups in total. The fraction of sp³-hybridized carbons (Fsp3) is 0.560. The van der Waals surface area contributed by atoms with Gasteiger partial charge in [-0.25, -0.2) is 4.98 Å². The lowest BCUT2D eigenvalue weighted by molar-refractivity contribution is 0.0332. The molecule has 1 aromatic carbocycles. The fourth-order valence-corrected chi connectivity index (χ4v) is 5.30. The standard InChI is InChI=1S/C25H33N3O/c1-19-16-24-26-25(21-10-6-3-7-11-21)23(18-27-12-14-29-15-13-27)28(24)17-22(19)20-8-4-2-5-9-20/h2,4-5,8-9,17,19,21H,3,6-7,10-16,18H2,1H3. The Morgan fingerprint density at radius 2 is 1.79 bits per heavy atom. The van der Waals surface area contributed by atoms with E-state index in [9.17, 15) is 0 Å². The minimum Gasteiger partial charge on any atom is -0.379 e. The molecule has 3 heterocycles. The zero-order valence-corrected chi connectivity index (χ0v) is 17.6. The average Bonchev–Trinajstić information content (AvgIpc) is 3.12. The number of rotatable bonds is 4. The van der Waals surface area contributed by atoms with Crippen molar-refractivity contribution in [3.63, 3.8) is 0 Å². The van der Waals surface area contributed by atoms with E-state index >= 15 is 0 Å². The highest BCUT2D eigenvalue weighted by Crippen LogP contribution is 2.38. The van der Waals surface area contributed by atoms with Crippen molar-refractivity contribution in [1.29, 1.82) is 0 Å². The van der Waals surface area contributed by atoms with Gasteiger partial charge in [-0.15, -0.1) is 0 Å². The molecule has 5 rings (SSSR count). The van der Waals surface area contributed by atoms with Crippen LogP contribution in [0.15, 0.2) is 30.3 Å². The van der Waals surface area contributed by atoms with E-state index in [1.54, 1.807) is 0 Å². The second kappa shape index (κ2) is 8.45. The molecule has 1 saturated carbocycles. The van der Waals surface area contributed by atoms with Gasteiger partial charge in [0.15, 0.2) is 0 Å². The lowest BCUT2D eigenvalue weighted by Crippen LogP contribution is -2.36. The van der Waals surface area contributed by atoms with Gasteiger partial charge in [0.2, 0.25) is 0 Å². The molecule has 0 bridgehead atoms. The van der Waals surface area contributed by atoms with Crippen LogP contribution < -0.4 is 0 Å². The number of morpholine rings is 1. The maximum absolute atomic E-state index is 5.59. The minimum atomic E-state index is 0.503. The van der Waals surface area contributed by atoms with Crippen molar-refractivity contribution in [1.82, 2.24) is 14.5 Å². The molecule has 2 fully saturated rings. The Morgan fingerprint density at radius 1 is 1.03 bits per heavy atom. The Hall–Kier alpha value is -1.91. The van der Waals surface area contributed by atoms with E-state index in [1.807, 2.05) is 0 Å². The molecule has 0 radical (unpaired) electrons. The summed E-state index contributed by atoms with van der Waals surface area (Å²) in [5.41, 5.74) is 5.61. The van der Waals surface area contributed by atoms with Crippen LogP contribution in [0, 0.1) is 5.92 Å². The van der Waals surface area contributed by atoms with Gasteiger partial charge in [0.1, 0.15) is 5.82 Å². The molecule has 1 aromatic heterocycles. The SMILES string of the molecule is CC1Cc2nc(C3CCCCC3)c(CN3CCOCC3)n2C=C1c1ccccc1. The van der Waals surface area contributed by atoms with Crippen LogP contribution in [0.4, 0.5) is 0 Å². The lowest BCUT2D eigenvalue weighted by Gasteiger charge is -2.29. The summed E-state index contributed by atoms with van der Waals surface area (Å²) in [6, 6.07) is 10.9. The second-order valence-corrected chi connectivity index (χ2v) is 9.01. The number of hydrogen-bond acceptors (Lipinski definition) is 3. The van der Waals surface area contributed by atoms with E-state index in [4.69, 9.17) is 9.72 Å². The van der Waals surface area contributed by atoms with Crippen LogP contribution >= 0.6 is 0 Å². The number of imidazole rings is 1. The van der Waals surface area contributed by atoms with Crippen LogP contribution in [0.3, 0.4) is 0 Å². The first-order valence-corrected chi connectivity index (χ1v) is 11.5. The van der Waals surface area contributed by atoms with Crippen LogP contribution in [0.5, 0.6) is 0 Å². The van der Waals surface area contributed by atoms with E-state index < -0.39 is 0 Å². The van der Waals surface area contributed by atoms with Crippen molar-refractivity contribution in [2.45, 2.75) is 57.9 Å². The van der Waals surface area contributed by atoms with Gasteiger partial charge in [0.05, 0.1) is 24.6 Å². The van der Waals surface area contributed by atoms with Gasteiger partial charge in [-0.1, -0.05) is 56.5 Å². The van der Waals surface area contributed by atoms with E-state index in [-0.39, 0.29) is 0 Å². The zero-order chi connectivity index (χ0) is 19.6. The van der Waals surface area contributed by atoms with Crippen molar-refractivity contribution >= 4 is 11.8 Å². The number of aromatic nitrogens is 2. The molecule has 2 aliphatic heterocycles. The third kappa shape index (κ3) is 3.93. The van der Waals surface area contributed by atoms with Crippen molar-refractivity contribution in [2.75, 3.05) is 26.3 Å². The lowest BCUT2D eigenvalue weighted by atomic mass is 9.86. The van der Waals surface area contributed by atoms with Gasteiger partial charge < -0.3 is 9.30 Å². The highest BCUT2D eigenvalue weighted by atomic mass is 16.5. The van der Waals surface area contributed by atoms with Crippen molar-refractivity contribution < 1.29 is 4.74 Å². The summed E-state index contributed by atoms with van der Waals surface area (Å²) in [6.07, 6.45) is 10.1. The van der Waals surface area contributed by atoms with Crippen molar-refractivity contribution in [3.05, 3.63) is 53.1 Å². The quantitative estimate of drug-likeness (QED) is 0.738. The first kappa shape index (κ1) is 19.1. The third-order valence-electron chi connectivity index (χ3n) is 6.98. The van der Waals surface area contributed by atoms with Crippen LogP contribution in [0.25, 0.3) is 11.8 Å². The van der Waals surface area contributed by atoms with E-state index in [0.29, 0.717) is 11.8 Å². The predicted molar refractivity (Wildman–Crippen MR) is 118 cm³/mol. The van der Waals surface area contributed by atoms with Gasteiger partial charge in [-0.05, 0) is 29.9 Å². The average molecular weight is 392 g/mol. The Kier molecular flexibility index (Phi) is 5.56. The molecule has 29 heavy (non-hydrogen) atoms. The summed E-state index contributed by atoms with van der Waals surface area (Å²) in [7, 11) is 0. The summed E-state index contributed by atoms with van der Waals surface area (Å²) in [4.78, 5) is 7.83. The maximum Gasteiger partial charge on any atom is 0.113 e. The van der Waals surface area contributed by atoms with Crippen molar-refractivity contribution in [2.24, 2.45) is 5.92 Å². The van der Waals surface area contributed by atoms with Crippen molar-refractivity contribution in [3.8, 4) is 0 Å². The zero-order valence-electron chi connectivity index (χ0n) is 17.6. The number of ether oxygens (including phenoxy) is 1. The van der Waals surface area contributed by atoms with E-state index in [1.165, 1.54) is 60.5 Å². The Labute approximate surface area is 174 Å². The monoisotopic (exact) mass is 391 g/mol. The molecule has 1 saturated heterocycles. The number of allylic oxidation sites excluding steroid dienone is 1. The van der Waals surface area contributed by atoms with Crippen LogP contribution in [-0.2, 0) is 17.7 Å². The Morgan fingerprint density at radius 3 is 2.55 bits per heavy atom. The fourth-order valence-electron chi connectivity index (χ4n) is 5.30. The normalized spacial score (nSPS) is 23.6. The predicted octanol–water partition coefficient (Wildman–Crippen LogP) is 4.95. The molecule has 2 aromatic rings. The van der Waals surface area contributed by atoms with E-state index in [0.717, 1.165) is 39.3 Å². The summed E-state index contributed by atoms with van der Waals surface area (Å²) < 4.78 is 8.05. The summed E-state index contributed by atoms with van der Waals surface area (Å²) in [5, 5.41) is 0. The van der Waals surface area contributed by atoms with Gasteiger partial charge >= 0.3 is 0 Å². The molecule has 0 spiro atoms. The van der Waals surface area contributed by atoms with Gasteiger partial charge in [-0.3, -0.25) is 4.90 Å². The molecule has 1 aliphatic carbocycles. The third-order valence-corrected chi connectivity index (χ3v) is 6.98. The van der Waals surface area contributed by atoms with Crippen LogP contribution in [0.1, 0.15) is 67.7 Å². The first-order valence-electron chi connectivity index (χ1n) is 11.5. The molecule has 4 heteroatoms. The highest BCUT2D eigenvalue weighted by molar-refractivity contribution is 5.78. The second-order valence-electron chi connectivity index (χ2n) is 9.01. The molecule has 1 atom stereocenters.